The van der Waals surface area contributed by atoms with Gasteiger partial charge in [-0.05, 0) is 25.7 Å². The van der Waals surface area contributed by atoms with Gasteiger partial charge >= 0.3 is 5.97 Å². The molecule has 1 saturated heterocycles. The third kappa shape index (κ3) is 3.96. The first-order valence-electron chi connectivity index (χ1n) is 8.54. The Hall–Kier alpha value is -1.64. The molecule has 142 valence electrons. The zero-order valence-electron chi connectivity index (χ0n) is 14.7. The lowest BCUT2D eigenvalue weighted by atomic mass is 9.98. The number of sulfone groups is 1. The predicted octanol–water partition coefficient (Wildman–Crippen LogP) is 0.125. The highest BCUT2D eigenvalue weighted by atomic mass is 32.2. The van der Waals surface area contributed by atoms with Gasteiger partial charge in [0.25, 0.3) is 0 Å². The van der Waals surface area contributed by atoms with Crippen LogP contribution in [0.1, 0.15) is 38.5 Å². The highest BCUT2D eigenvalue weighted by molar-refractivity contribution is 7.92. The Labute approximate surface area is 148 Å². The minimum atomic E-state index is -3.58. The van der Waals surface area contributed by atoms with Crippen molar-refractivity contribution < 1.29 is 27.9 Å². The van der Waals surface area contributed by atoms with E-state index in [1.54, 1.807) is 0 Å². The molecule has 0 radical (unpaired) electrons. The first-order chi connectivity index (χ1) is 11.6. The van der Waals surface area contributed by atoms with Crippen LogP contribution in [0.25, 0.3) is 0 Å². The van der Waals surface area contributed by atoms with Gasteiger partial charge in [0.15, 0.2) is 14.6 Å². The van der Waals surface area contributed by atoms with Gasteiger partial charge in [0.05, 0.1) is 12.5 Å². The van der Waals surface area contributed by atoms with E-state index in [9.17, 15) is 22.8 Å². The molecule has 0 bridgehead atoms. The van der Waals surface area contributed by atoms with E-state index in [2.05, 4.69) is 0 Å². The summed E-state index contributed by atoms with van der Waals surface area (Å²) in [7, 11) is -2.15. The summed E-state index contributed by atoms with van der Waals surface area (Å²) < 4.78 is 23.0. The smallest absolute Gasteiger partial charge is 0.308 e. The Morgan fingerprint density at radius 2 is 1.80 bits per heavy atom. The maximum Gasteiger partial charge on any atom is 0.308 e. The Kier molecular flexibility index (Phi) is 5.75. The molecule has 0 aromatic rings. The second kappa shape index (κ2) is 7.31. The minimum Gasteiger partial charge on any atom is -0.481 e. The van der Waals surface area contributed by atoms with Crippen molar-refractivity contribution in [3.8, 4) is 0 Å². The Balaban J connectivity index is 2.05. The third-order valence-electron chi connectivity index (χ3n) is 5.35. The van der Waals surface area contributed by atoms with E-state index < -0.39 is 32.4 Å². The van der Waals surface area contributed by atoms with Crippen molar-refractivity contribution >= 4 is 27.6 Å². The zero-order chi connectivity index (χ0) is 18.8. The van der Waals surface area contributed by atoms with Gasteiger partial charge in [0.1, 0.15) is 0 Å². The summed E-state index contributed by atoms with van der Waals surface area (Å²) in [6.45, 7) is 0.359. The minimum absolute atomic E-state index is 0.132. The van der Waals surface area contributed by atoms with E-state index in [-0.39, 0.29) is 31.8 Å². The Morgan fingerprint density at radius 3 is 2.32 bits per heavy atom. The Morgan fingerprint density at radius 1 is 1.20 bits per heavy atom. The van der Waals surface area contributed by atoms with Crippen molar-refractivity contribution in [2.24, 2.45) is 5.92 Å². The van der Waals surface area contributed by atoms with Crippen molar-refractivity contribution in [2.45, 2.75) is 43.3 Å². The summed E-state index contributed by atoms with van der Waals surface area (Å²) in [4.78, 5) is 39.0. The molecule has 1 saturated carbocycles. The number of carbonyl (C=O) groups is 3. The summed E-state index contributed by atoms with van der Waals surface area (Å²) in [6, 6.07) is 0. The summed E-state index contributed by atoms with van der Waals surface area (Å²) >= 11 is 0. The van der Waals surface area contributed by atoms with Crippen LogP contribution >= 0.6 is 0 Å². The molecule has 1 unspecified atom stereocenters. The predicted molar refractivity (Wildman–Crippen MR) is 90.6 cm³/mol. The van der Waals surface area contributed by atoms with Gasteiger partial charge in [-0.25, -0.2) is 8.42 Å². The Bertz CT molecular complexity index is 654. The lowest BCUT2D eigenvalue weighted by molar-refractivity contribution is -0.147. The summed E-state index contributed by atoms with van der Waals surface area (Å²) in [6.07, 6.45) is 4.13. The van der Waals surface area contributed by atoms with Gasteiger partial charge < -0.3 is 14.9 Å². The van der Waals surface area contributed by atoms with Gasteiger partial charge in [-0.2, -0.15) is 0 Å². The molecule has 2 rings (SSSR count). The normalized spacial score (nSPS) is 23.3. The standard InChI is InChI=1S/C16H26N2O6S/c1-17(15(22)16(25(2,23)24)7-3-4-8-16)11-13(19)18-9-5-6-12(10-18)14(20)21/h12H,3-11H2,1-2H3,(H,20,21). The quantitative estimate of drug-likeness (QED) is 0.732. The van der Waals surface area contributed by atoms with E-state index in [4.69, 9.17) is 5.11 Å². The maximum atomic E-state index is 12.8. The molecule has 1 aliphatic heterocycles. The molecule has 25 heavy (non-hydrogen) atoms. The number of hydrogen-bond donors (Lipinski definition) is 1. The average molecular weight is 374 g/mol. The van der Waals surface area contributed by atoms with Crippen LogP contribution in [0.5, 0.6) is 0 Å². The molecular weight excluding hydrogens is 348 g/mol. The number of aliphatic carboxylic acids is 1. The molecule has 1 N–H and O–H groups in total. The van der Waals surface area contributed by atoms with Crippen LogP contribution in [-0.2, 0) is 24.2 Å². The molecule has 0 aromatic heterocycles. The van der Waals surface area contributed by atoms with E-state index in [0.717, 1.165) is 6.26 Å². The van der Waals surface area contributed by atoms with Crippen LogP contribution in [0.4, 0.5) is 0 Å². The molecular formula is C16H26N2O6S. The average Bonchev–Trinajstić information content (AvgIpc) is 3.04. The molecule has 1 aliphatic carbocycles. The number of carbonyl (C=O) groups excluding carboxylic acids is 2. The van der Waals surface area contributed by atoms with E-state index >= 15 is 0 Å². The zero-order valence-corrected chi connectivity index (χ0v) is 15.5. The topological polar surface area (TPSA) is 112 Å². The molecule has 2 aliphatic rings. The maximum absolute atomic E-state index is 12.8. The van der Waals surface area contributed by atoms with Crippen molar-refractivity contribution in [3.05, 3.63) is 0 Å². The van der Waals surface area contributed by atoms with Crippen LogP contribution < -0.4 is 0 Å². The van der Waals surface area contributed by atoms with Gasteiger partial charge in [-0.15, -0.1) is 0 Å². The fraction of sp³-hybridized carbons (Fsp3) is 0.812. The number of carboxylic acids is 1. The van der Waals surface area contributed by atoms with Gasteiger partial charge in [-0.1, -0.05) is 12.8 Å². The van der Waals surface area contributed by atoms with E-state index in [1.165, 1.54) is 16.8 Å². The molecule has 2 amide bonds. The number of rotatable bonds is 5. The number of piperidine rings is 1. The number of likely N-dealkylation sites (N-methyl/N-ethyl adjacent to an activating group) is 1. The van der Waals surface area contributed by atoms with Crippen molar-refractivity contribution in [1.82, 2.24) is 9.80 Å². The van der Waals surface area contributed by atoms with Crippen molar-refractivity contribution in [3.63, 3.8) is 0 Å². The fourth-order valence-electron chi connectivity index (χ4n) is 3.82. The second-order valence-corrected chi connectivity index (χ2v) is 9.48. The first-order valence-corrected chi connectivity index (χ1v) is 10.4. The first kappa shape index (κ1) is 19.7. The SMILES string of the molecule is CN(CC(=O)N1CCCC(C(=O)O)C1)C(=O)C1(S(C)(=O)=O)CCCC1. The van der Waals surface area contributed by atoms with E-state index in [0.29, 0.717) is 32.2 Å². The van der Waals surface area contributed by atoms with Gasteiger partial charge in [0.2, 0.25) is 11.8 Å². The molecule has 1 atom stereocenters. The third-order valence-corrected chi connectivity index (χ3v) is 7.36. The van der Waals surface area contributed by atoms with Crippen LogP contribution in [0.3, 0.4) is 0 Å². The van der Waals surface area contributed by atoms with Crippen LogP contribution in [0.2, 0.25) is 0 Å². The number of hydrogen-bond acceptors (Lipinski definition) is 5. The molecule has 8 nitrogen and oxygen atoms in total. The molecule has 2 fully saturated rings. The molecule has 9 heteroatoms. The fourth-order valence-corrected chi connectivity index (χ4v) is 5.32. The lowest BCUT2D eigenvalue weighted by Crippen LogP contribution is -2.54. The van der Waals surface area contributed by atoms with Gasteiger partial charge in [-0.3, -0.25) is 14.4 Å². The molecule has 1 heterocycles. The molecule has 0 aromatic carbocycles. The van der Waals surface area contributed by atoms with Gasteiger partial charge in [0, 0.05) is 26.4 Å². The van der Waals surface area contributed by atoms with E-state index in [1.807, 2.05) is 0 Å². The summed E-state index contributed by atoms with van der Waals surface area (Å²) in [5, 5.41) is 9.11. The van der Waals surface area contributed by atoms with Crippen LogP contribution in [0, 0.1) is 5.92 Å². The van der Waals surface area contributed by atoms with Crippen LogP contribution in [-0.4, -0.2) is 78.8 Å². The summed E-state index contributed by atoms with van der Waals surface area (Å²) in [5.41, 5.74) is 0. The number of likely N-dealkylation sites (tertiary alicyclic amines) is 1. The largest absolute Gasteiger partial charge is 0.481 e. The lowest BCUT2D eigenvalue weighted by Gasteiger charge is -2.34. The number of amides is 2. The number of carboxylic acid groups (broad SMARTS) is 1. The van der Waals surface area contributed by atoms with Crippen LogP contribution in [0.15, 0.2) is 0 Å². The number of nitrogens with zero attached hydrogens (tertiary/aromatic N) is 2. The highest BCUT2D eigenvalue weighted by Gasteiger charge is 2.51. The van der Waals surface area contributed by atoms with Crippen molar-refractivity contribution in [2.75, 3.05) is 32.9 Å². The van der Waals surface area contributed by atoms with Crippen molar-refractivity contribution in [1.29, 1.82) is 0 Å². The molecule has 0 spiro atoms. The second-order valence-electron chi connectivity index (χ2n) is 7.15. The monoisotopic (exact) mass is 374 g/mol. The highest BCUT2D eigenvalue weighted by Crippen LogP contribution is 2.38. The summed E-state index contributed by atoms with van der Waals surface area (Å²) in [5.74, 6) is -2.39.